The highest BCUT2D eigenvalue weighted by Crippen LogP contribution is 2.46. The summed E-state index contributed by atoms with van der Waals surface area (Å²) in [5.41, 5.74) is 0. The Bertz CT molecular complexity index is 2220. The van der Waals surface area contributed by atoms with Gasteiger partial charge in [0.2, 0.25) is 0 Å². The van der Waals surface area contributed by atoms with E-state index in [-0.39, 0.29) is 11.6 Å². The lowest BCUT2D eigenvalue weighted by molar-refractivity contribution is 0.627. The van der Waals surface area contributed by atoms with Crippen molar-refractivity contribution in [3.63, 3.8) is 0 Å². The van der Waals surface area contributed by atoms with Gasteiger partial charge in [0.05, 0.1) is 0 Å². The van der Waals surface area contributed by atoms with Crippen LogP contribution in [-0.4, -0.2) is 0 Å². The zero-order valence-corrected chi connectivity index (χ0v) is 36.2. The van der Waals surface area contributed by atoms with E-state index in [9.17, 15) is 0 Å². The molecule has 0 N–H and O–H groups in total. The van der Waals surface area contributed by atoms with Crippen molar-refractivity contribution in [2.24, 2.45) is 0 Å². The normalized spacial score (nSPS) is 11.4. The molecule has 0 saturated carbocycles. The first-order chi connectivity index (χ1) is 29.7. The van der Waals surface area contributed by atoms with Crippen LogP contribution in [0.3, 0.4) is 0 Å². The van der Waals surface area contributed by atoms with Gasteiger partial charge < -0.3 is 0 Å². The monoisotopic (exact) mass is 850 g/mol. The van der Waals surface area contributed by atoms with Crippen molar-refractivity contribution < 1.29 is 8.78 Å². The Kier molecular flexibility index (Phi) is 12.6. The van der Waals surface area contributed by atoms with Crippen LogP contribution in [0.4, 0.5) is 8.78 Å². The van der Waals surface area contributed by atoms with Gasteiger partial charge in [-0.3, -0.25) is 0 Å². The summed E-state index contributed by atoms with van der Waals surface area (Å²) in [6.07, 6.45) is 0. The van der Waals surface area contributed by atoms with E-state index in [2.05, 4.69) is 97.1 Å². The van der Waals surface area contributed by atoms with Gasteiger partial charge in [-0.05, 0) is 74.1 Å². The summed E-state index contributed by atoms with van der Waals surface area (Å²) in [6, 6.07) is 81.5. The van der Waals surface area contributed by atoms with Crippen LogP contribution in [0.25, 0.3) is 0 Å². The van der Waals surface area contributed by atoms with E-state index in [1.165, 1.54) is 0 Å². The third-order valence-electron chi connectivity index (χ3n) is 10.3. The number of hydrogen-bond donors (Lipinski definition) is 0. The lowest BCUT2D eigenvalue weighted by atomic mass is 10.3. The van der Waals surface area contributed by atoms with Crippen molar-refractivity contribution in [3.8, 4) is 0 Å². The lowest BCUT2D eigenvalue weighted by Crippen LogP contribution is -2.50. The summed E-state index contributed by atoms with van der Waals surface area (Å²) >= 11 is 0. The Labute approximate surface area is 356 Å². The van der Waals surface area contributed by atoms with Crippen LogP contribution in [-0.2, 0) is 0 Å². The third-order valence-corrected chi connectivity index (χ3v) is 20.6. The predicted molar refractivity (Wildman–Crippen MR) is 261 cm³/mol. The molecule has 9 aromatic carbocycles. The van der Waals surface area contributed by atoms with Crippen molar-refractivity contribution >= 4 is 95.3 Å². The molecule has 9 aromatic rings. The molecule has 0 unspecified atom stereocenters. The van der Waals surface area contributed by atoms with Gasteiger partial charge in [0, 0.05) is 21.2 Å². The van der Waals surface area contributed by atoms with Crippen molar-refractivity contribution in [1.29, 1.82) is 0 Å². The van der Waals surface area contributed by atoms with Crippen molar-refractivity contribution in [1.82, 2.24) is 0 Å². The van der Waals surface area contributed by atoms with Gasteiger partial charge in [-0.25, -0.2) is 8.78 Å². The zero-order chi connectivity index (χ0) is 40.7. The molecule has 0 aromatic heterocycles. The van der Waals surface area contributed by atoms with Gasteiger partial charge in [0.25, 0.3) is 0 Å². The highest BCUT2D eigenvalue weighted by molar-refractivity contribution is 7.87. The molecule has 0 atom stereocenters. The van der Waals surface area contributed by atoms with Gasteiger partial charge in [0.15, 0.2) is 0 Å². The SMILES string of the molecule is Fc1c(P(c2ccccc2)c2ccccc2)c(P(c2ccccc2)c2ccccc2)c(F)c(P(c2ccccc2)c2ccccc2)c1P(c1ccccc1)c1ccccc1. The van der Waals surface area contributed by atoms with Crippen LogP contribution in [0.15, 0.2) is 243 Å². The van der Waals surface area contributed by atoms with E-state index in [0.29, 0.717) is 21.2 Å². The highest BCUT2D eigenvalue weighted by atomic mass is 31.1. The van der Waals surface area contributed by atoms with Crippen LogP contribution >= 0.6 is 31.7 Å². The van der Waals surface area contributed by atoms with E-state index in [1.54, 1.807) is 0 Å². The second-order valence-electron chi connectivity index (χ2n) is 14.0. The predicted octanol–water partition coefficient (Wildman–Crippen LogP) is 9.00. The Hall–Kier alpha value is -5.44. The average Bonchev–Trinajstić information content (AvgIpc) is 3.32. The van der Waals surface area contributed by atoms with Crippen LogP contribution in [0.5, 0.6) is 0 Å². The van der Waals surface area contributed by atoms with Gasteiger partial charge in [0.1, 0.15) is 11.6 Å². The van der Waals surface area contributed by atoms with Crippen molar-refractivity contribution in [2.45, 2.75) is 0 Å². The fourth-order valence-electron chi connectivity index (χ4n) is 7.70. The lowest BCUT2D eigenvalue weighted by Gasteiger charge is -2.34. The van der Waals surface area contributed by atoms with Gasteiger partial charge in [-0.1, -0.05) is 243 Å². The maximum Gasteiger partial charge on any atom is 0.141 e. The molecule has 6 heteroatoms. The molecule has 0 saturated heterocycles. The molecule has 60 heavy (non-hydrogen) atoms. The van der Waals surface area contributed by atoms with Crippen molar-refractivity contribution in [3.05, 3.63) is 254 Å². The number of hydrogen-bond acceptors (Lipinski definition) is 0. The molecule has 0 amide bonds. The van der Waals surface area contributed by atoms with E-state index in [4.69, 9.17) is 0 Å². The second kappa shape index (κ2) is 18.9. The number of halogens is 2. The molecule has 0 aliphatic heterocycles. The largest absolute Gasteiger partial charge is 0.205 e. The van der Waals surface area contributed by atoms with Crippen LogP contribution < -0.4 is 63.7 Å². The maximum absolute atomic E-state index is 19.9. The fraction of sp³-hybridized carbons (Fsp3) is 0. The summed E-state index contributed by atoms with van der Waals surface area (Å²) in [5.74, 6) is -0.643. The first-order valence-corrected chi connectivity index (χ1v) is 25.2. The Balaban J connectivity index is 1.53. The fourth-order valence-corrected chi connectivity index (χ4v) is 18.6. The average molecular weight is 851 g/mol. The van der Waals surface area contributed by atoms with E-state index >= 15 is 8.78 Å². The number of benzene rings is 9. The summed E-state index contributed by atoms with van der Waals surface area (Å²) in [6.45, 7) is 0. The summed E-state index contributed by atoms with van der Waals surface area (Å²) in [5, 5.41) is 9.51. The minimum Gasteiger partial charge on any atom is -0.205 e. The van der Waals surface area contributed by atoms with E-state index < -0.39 is 31.7 Å². The topological polar surface area (TPSA) is 0 Å². The van der Waals surface area contributed by atoms with E-state index in [1.807, 2.05) is 146 Å². The van der Waals surface area contributed by atoms with E-state index in [0.717, 1.165) is 42.4 Å². The van der Waals surface area contributed by atoms with Crippen LogP contribution in [0, 0.1) is 11.6 Å². The first-order valence-electron chi connectivity index (χ1n) is 19.8. The molecule has 290 valence electrons. The molecule has 0 heterocycles. The Morgan fingerprint density at radius 2 is 0.300 bits per heavy atom. The molecular weight excluding hydrogens is 810 g/mol. The molecule has 0 radical (unpaired) electrons. The van der Waals surface area contributed by atoms with Gasteiger partial charge in [-0.15, -0.1) is 0 Å². The van der Waals surface area contributed by atoms with Crippen molar-refractivity contribution in [2.75, 3.05) is 0 Å². The van der Waals surface area contributed by atoms with Gasteiger partial charge >= 0.3 is 0 Å². The summed E-state index contributed by atoms with van der Waals surface area (Å²) in [4.78, 5) is 0. The Morgan fingerprint density at radius 1 is 0.183 bits per heavy atom. The second-order valence-corrected chi connectivity index (χ2v) is 22.7. The molecular formula is C54H40F2P4. The zero-order valence-electron chi connectivity index (χ0n) is 32.6. The standard InChI is InChI=1S/C54H40F2P4/c55-49-51(57(41-25-9-1-10-26-41)42-27-11-2-12-28-42)52(58(43-29-13-3-14-30-43)44-31-15-4-16-32-44)50(56)54(60(47-37-21-7-22-38-47)48-39-23-8-24-40-48)53(49)59(45-33-17-5-18-34-45)46-35-19-6-20-36-46/h1-40H. The smallest absolute Gasteiger partial charge is 0.141 e. The third kappa shape index (κ3) is 8.20. The molecule has 0 fully saturated rings. The highest BCUT2D eigenvalue weighted by Gasteiger charge is 2.40. The minimum absolute atomic E-state index is 0.322. The molecule has 0 bridgehead atoms. The van der Waals surface area contributed by atoms with Crippen LogP contribution in [0.1, 0.15) is 0 Å². The Morgan fingerprint density at radius 3 is 0.417 bits per heavy atom. The molecule has 0 aliphatic carbocycles. The minimum atomic E-state index is -1.62. The molecule has 0 aliphatic rings. The molecule has 0 nitrogen and oxygen atoms in total. The molecule has 0 spiro atoms. The quantitative estimate of drug-likeness (QED) is 0.108. The number of rotatable bonds is 12. The maximum atomic E-state index is 19.9. The summed E-state index contributed by atoms with van der Waals surface area (Å²) in [7, 11) is -6.47. The van der Waals surface area contributed by atoms with Gasteiger partial charge in [-0.2, -0.15) is 0 Å². The molecule has 9 rings (SSSR count). The first kappa shape index (κ1) is 40.0. The summed E-state index contributed by atoms with van der Waals surface area (Å²) < 4.78 is 39.8. The van der Waals surface area contributed by atoms with Crippen LogP contribution in [0.2, 0.25) is 0 Å².